The van der Waals surface area contributed by atoms with Crippen LogP contribution in [0.15, 0.2) is 152 Å². The molecule has 1 aliphatic carbocycles. The molecule has 0 atom stereocenters. The molecule has 1 nitrogen and oxygen atoms in total. The Bertz CT molecular complexity index is 2400. The standard InChI is InChI=1S/C43H31NS/c1-43(2)38-26-21-28-11-6-7-14-33(28)41(38)37-25-24-32(27-39(37)43)44(30-12-4-3-5-13-30)31-22-19-29(20-23-31)34-16-10-17-36-35-15-8-9-18-40(35)45-42(34)36/h3-27H,1-2H3. The summed E-state index contributed by atoms with van der Waals surface area (Å²) < 4.78 is 2.68. The van der Waals surface area contributed by atoms with Crippen LogP contribution in [0.3, 0.4) is 0 Å². The number of anilines is 3. The van der Waals surface area contributed by atoms with Crippen LogP contribution in [0.1, 0.15) is 25.0 Å². The number of thiophene rings is 1. The minimum Gasteiger partial charge on any atom is -0.310 e. The third kappa shape index (κ3) is 3.99. The SMILES string of the molecule is CC1(C)c2cc(N(c3ccccc3)c3ccc(-c4cccc5c4sc4ccccc45)cc3)ccc2-c2c1ccc1ccccc21. The minimum absolute atomic E-state index is 0.0974. The van der Waals surface area contributed by atoms with Gasteiger partial charge in [-0.1, -0.05) is 123 Å². The maximum Gasteiger partial charge on any atom is 0.0465 e. The second-order valence-corrected chi connectivity index (χ2v) is 13.6. The molecule has 9 rings (SSSR count). The predicted octanol–water partition coefficient (Wildman–Crippen LogP) is 12.7. The average molecular weight is 594 g/mol. The fourth-order valence-electron chi connectivity index (χ4n) is 7.42. The van der Waals surface area contributed by atoms with E-state index in [4.69, 9.17) is 0 Å². The molecule has 0 unspecified atom stereocenters. The van der Waals surface area contributed by atoms with Gasteiger partial charge in [0, 0.05) is 42.6 Å². The molecule has 214 valence electrons. The van der Waals surface area contributed by atoms with Gasteiger partial charge in [0.25, 0.3) is 0 Å². The first kappa shape index (κ1) is 26.2. The van der Waals surface area contributed by atoms with Crippen LogP contribution in [0.2, 0.25) is 0 Å². The lowest BCUT2D eigenvalue weighted by Crippen LogP contribution is -2.16. The molecular weight excluding hydrogens is 563 g/mol. The highest BCUT2D eigenvalue weighted by atomic mass is 32.1. The number of fused-ring (bicyclic) bond motifs is 8. The molecule has 8 aromatic rings. The lowest BCUT2D eigenvalue weighted by atomic mass is 9.82. The Morgan fingerprint density at radius 3 is 2.02 bits per heavy atom. The zero-order valence-electron chi connectivity index (χ0n) is 25.3. The number of hydrogen-bond acceptors (Lipinski definition) is 2. The van der Waals surface area contributed by atoms with E-state index >= 15 is 0 Å². The second kappa shape index (κ2) is 9.92. The van der Waals surface area contributed by atoms with Crippen molar-refractivity contribution in [2.75, 3.05) is 4.90 Å². The van der Waals surface area contributed by atoms with Gasteiger partial charge < -0.3 is 4.90 Å². The van der Waals surface area contributed by atoms with E-state index < -0.39 is 0 Å². The summed E-state index contributed by atoms with van der Waals surface area (Å²) in [5.41, 5.74) is 11.4. The molecule has 0 bridgehead atoms. The Hall–Kier alpha value is -5.18. The summed E-state index contributed by atoms with van der Waals surface area (Å²) in [5.74, 6) is 0. The molecule has 1 heterocycles. The molecule has 0 fully saturated rings. The maximum atomic E-state index is 2.42. The molecule has 0 saturated heterocycles. The summed E-state index contributed by atoms with van der Waals surface area (Å²) in [6.07, 6.45) is 0. The van der Waals surface area contributed by atoms with E-state index in [9.17, 15) is 0 Å². The highest BCUT2D eigenvalue weighted by Crippen LogP contribution is 2.53. The van der Waals surface area contributed by atoms with E-state index in [1.165, 1.54) is 70.0 Å². The second-order valence-electron chi connectivity index (χ2n) is 12.6. The van der Waals surface area contributed by atoms with E-state index in [2.05, 4.69) is 170 Å². The smallest absolute Gasteiger partial charge is 0.0465 e. The van der Waals surface area contributed by atoms with E-state index in [0.717, 1.165) is 11.4 Å². The number of rotatable bonds is 4. The molecule has 0 spiro atoms. The van der Waals surface area contributed by atoms with Gasteiger partial charge in [0.2, 0.25) is 0 Å². The molecular formula is C43H31NS. The molecule has 45 heavy (non-hydrogen) atoms. The fourth-order valence-corrected chi connectivity index (χ4v) is 8.66. The zero-order valence-corrected chi connectivity index (χ0v) is 26.1. The van der Waals surface area contributed by atoms with Gasteiger partial charge in [-0.25, -0.2) is 0 Å². The average Bonchev–Trinajstić information content (AvgIpc) is 3.58. The largest absolute Gasteiger partial charge is 0.310 e. The zero-order chi connectivity index (χ0) is 30.1. The van der Waals surface area contributed by atoms with Crippen molar-refractivity contribution in [1.29, 1.82) is 0 Å². The monoisotopic (exact) mass is 593 g/mol. The van der Waals surface area contributed by atoms with Crippen LogP contribution in [0.4, 0.5) is 17.1 Å². The first-order valence-electron chi connectivity index (χ1n) is 15.6. The molecule has 0 amide bonds. The van der Waals surface area contributed by atoms with Gasteiger partial charge in [0.1, 0.15) is 0 Å². The molecule has 0 N–H and O–H groups in total. The highest BCUT2D eigenvalue weighted by molar-refractivity contribution is 7.26. The molecule has 1 aromatic heterocycles. The predicted molar refractivity (Wildman–Crippen MR) is 195 cm³/mol. The van der Waals surface area contributed by atoms with Crippen LogP contribution in [0.25, 0.3) is 53.2 Å². The topological polar surface area (TPSA) is 3.24 Å². The molecule has 0 saturated carbocycles. The number of benzene rings is 7. The first-order valence-corrected chi connectivity index (χ1v) is 16.4. The first-order chi connectivity index (χ1) is 22.1. The van der Waals surface area contributed by atoms with Crippen molar-refractivity contribution in [2.24, 2.45) is 0 Å². The Balaban J connectivity index is 1.17. The molecule has 7 aromatic carbocycles. The normalized spacial score (nSPS) is 13.3. The van der Waals surface area contributed by atoms with Gasteiger partial charge in [0.05, 0.1) is 0 Å². The lowest BCUT2D eigenvalue weighted by Gasteiger charge is -2.28. The lowest BCUT2D eigenvalue weighted by molar-refractivity contribution is 0.661. The van der Waals surface area contributed by atoms with Crippen LogP contribution >= 0.6 is 11.3 Å². The van der Waals surface area contributed by atoms with Crippen LogP contribution in [0.5, 0.6) is 0 Å². The van der Waals surface area contributed by atoms with Crippen molar-refractivity contribution in [2.45, 2.75) is 19.3 Å². The van der Waals surface area contributed by atoms with Crippen molar-refractivity contribution < 1.29 is 0 Å². The number of hydrogen-bond donors (Lipinski definition) is 0. The van der Waals surface area contributed by atoms with Crippen LogP contribution in [-0.2, 0) is 5.41 Å². The van der Waals surface area contributed by atoms with Crippen LogP contribution in [0, 0.1) is 0 Å². The minimum atomic E-state index is -0.0974. The Labute approximate surface area is 267 Å². The van der Waals surface area contributed by atoms with Crippen LogP contribution < -0.4 is 4.90 Å². The van der Waals surface area contributed by atoms with Crippen molar-refractivity contribution in [3.63, 3.8) is 0 Å². The Kier molecular flexibility index (Phi) is 5.78. The third-order valence-corrected chi connectivity index (χ3v) is 10.9. The molecule has 2 heteroatoms. The Morgan fingerprint density at radius 1 is 0.489 bits per heavy atom. The summed E-state index contributed by atoms with van der Waals surface area (Å²) in [6, 6.07) is 55.7. The third-order valence-electron chi connectivity index (χ3n) is 9.66. The van der Waals surface area contributed by atoms with Gasteiger partial charge in [-0.15, -0.1) is 11.3 Å². The highest BCUT2D eigenvalue weighted by Gasteiger charge is 2.37. The molecule has 1 aliphatic rings. The van der Waals surface area contributed by atoms with Gasteiger partial charge in [0.15, 0.2) is 0 Å². The maximum absolute atomic E-state index is 2.42. The van der Waals surface area contributed by atoms with E-state index in [1.807, 2.05) is 11.3 Å². The van der Waals surface area contributed by atoms with Gasteiger partial charge in [-0.3, -0.25) is 0 Å². The summed E-state index contributed by atoms with van der Waals surface area (Å²) in [5, 5.41) is 5.29. The summed E-state index contributed by atoms with van der Waals surface area (Å²) in [4.78, 5) is 2.39. The van der Waals surface area contributed by atoms with Crippen molar-refractivity contribution in [3.8, 4) is 22.3 Å². The molecule has 0 radical (unpaired) electrons. The number of nitrogens with zero attached hydrogens (tertiary/aromatic N) is 1. The quantitative estimate of drug-likeness (QED) is 0.196. The van der Waals surface area contributed by atoms with Crippen molar-refractivity contribution >= 4 is 59.3 Å². The van der Waals surface area contributed by atoms with Crippen molar-refractivity contribution in [1.82, 2.24) is 0 Å². The summed E-state index contributed by atoms with van der Waals surface area (Å²) >= 11 is 1.88. The van der Waals surface area contributed by atoms with Crippen LogP contribution in [-0.4, -0.2) is 0 Å². The molecule has 0 aliphatic heterocycles. The van der Waals surface area contributed by atoms with E-state index in [0.29, 0.717) is 0 Å². The Morgan fingerprint density at radius 2 is 1.18 bits per heavy atom. The van der Waals surface area contributed by atoms with E-state index in [-0.39, 0.29) is 5.41 Å². The van der Waals surface area contributed by atoms with Gasteiger partial charge >= 0.3 is 0 Å². The van der Waals surface area contributed by atoms with Gasteiger partial charge in [-0.05, 0) is 86.6 Å². The summed E-state index contributed by atoms with van der Waals surface area (Å²) in [6.45, 7) is 4.74. The van der Waals surface area contributed by atoms with Crippen molar-refractivity contribution in [3.05, 3.63) is 163 Å². The number of para-hydroxylation sites is 1. The fraction of sp³-hybridized carbons (Fsp3) is 0.0698. The van der Waals surface area contributed by atoms with E-state index in [1.54, 1.807) is 0 Å². The summed E-state index contributed by atoms with van der Waals surface area (Å²) in [7, 11) is 0. The van der Waals surface area contributed by atoms with Gasteiger partial charge in [-0.2, -0.15) is 0 Å².